The molecule has 0 amide bonds. The van der Waals surface area contributed by atoms with Crippen LogP contribution in [0.15, 0.2) is 22.7 Å². The first-order chi connectivity index (χ1) is 7.71. The van der Waals surface area contributed by atoms with Crippen molar-refractivity contribution in [1.29, 1.82) is 0 Å². The SMILES string of the molecule is CCCC(Cc1cc(OC)ccc1Br)NC. The lowest BCUT2D eigenvalue weighted by Crippen LogP contribution is -2.27. The first-order valence-corrected chi connectivity index (χ1v) is 6.50. The molecule has 0 fully saturated rings. The van der Waals surface area contributed by atoms with E-state index in [0.717, 1.165) is 16.6 Å². The van der Waals surface area contributed by atoms with E-state index in [9.17, 15) is 0 Å². The zero-order chi connectivity index (χ0) is 12.0. The molecule has 1 unspecified atom stereocenters. The van der Waals surface area contributed by atoms with Crippen molar-refractivity contribution in [3.05, 3.63) is 28.2 Å². The second kappa shape index (κ2) is 6.92. The van der Waals surface area contributed by atoms with E-state index in [0.29, 0.717) is 6.04 Å². The van der Waals surface area contributed by atoms with Gasteiger partial charge in [0.15, 0.2) is 0 Å². The van der Waals surface area contributed by atoms with Crippen molar-refractivity contribution >= 4 is 15.9 Å². The Balaban J connectivity index is 2.77. The minimum absolute atomic E-state index is 0.536. The molecule has 0 aromatic heterocycles. The van der Waals surface area contributed by atoms with E-state index >= 15 is 0 Å². The fourth-order valence-corrected chi connectivity index (χ4v) is 2.21. The molecule has 90 valence electrons. The fraction of sp³-hybridized carbons (Fsp3) is 0.538. The highest BCUT2D eigenvalue weighted by Gasteiger charge is 2.09. The third kappa shape index (κ3) is 3.80. The van der Waals surface area contributed by atoms with Crippen molar-refractivity contribution in [3.63, 3.8) is 0 Å². The number of rotatable bonds is 6. The molecule has 1 aromatic carbocycles. The van der Waals surface area contributed by atoms with Gasteiger partial charge in [-0.3, -0.25) is 0 Å². The van der Waals surface area contributed by atoms with E-state index in [1.54, 1.807) is 7.11 Å². The van der Waals surface area contributed by atoms with Crippen LogP contribution in [0.2, 0.25) is 0 Å². The lowest BCUT2D eigenvalue weighted by Gasteiger charge is -2.16. The van der Waals surface area contributed by atoms with Gasteiger partial charge in [-0.15, -0.1) is 0 Å². The van der Waals surface area contributed by atoms with Gasteiger partial charge in [0, 0.05) is 10.5 Å². The van der Waals surface area contributed by atoms with Crippen LogP contribution in [0.25, 0.3) is 0 Å². The summed E-state index contributed by atoms with van der Waals surface area (Å²) in [5.74, 6) is 0.921. The molecule has 1 rings (SSSR count). The average Bonchev–Trinajstić information content (AvgIpc) is 2.31. The summed E-state index contributed by atoms with van der Waals surface area (Å²) >= 11 is 3.59. The Morgan fingerprint density at radius 2 is 2.19 bits per heavy atom. The largest absolute Gasteiger partial charge is 0.497 e. The zero-order valence-corrected chi connectivity index (χ0v) is 11.8. The van der Waals surface area contributed by atoms with E-state index in [-0.39, 0.29) is 0 Å². The summed E-state index contributed by atoms with van der Waals surface area (Å²) in [5.41, 5.74) is 1.30. The lowest BCUT2D eigenvalue weighted by atomic mass is 10.0. The van der Waals surface area contributed by atoms with Crippen LogP contribution < -0.4 is 10.1 Å². The van der Waals surface area contributed by atoms with Gasteiger partial charge in [-0.05, 0) is 43.7 Å². The van der Waals surface area contributed by atoms with Crippen molar-refractivity contribution in [1.82, 2.24) is 5.32 Å². The fourth-order valence-electron chi connectivity index (χ4n) is 1.80. The second-order valence-electron chi connectivity index (χ2n) is 3.94. The van der Waals surface area contributed by atoms with Crippen LogP contribution in [0.1, 0.15) is 25.3 Å². The molecule has 0 aliphatic carbocycles. The van der Waals surface area contributed by atoms with E-state index in [2.05, 4.69) is 34.2 Å². The van der Waals surface area contributed by atoms with Crippen molar-refractivity contribution in [2.45, 2.75) is 32.2 Å². The highest BCUT2D eigenvalue weighted by Crippen LogP contribution is 2.24. The average molecular weight is 286 g/mol. The summed E-state index contributed by atoms with van der Waals surface area (Å²) in [6.45, 7) is 2.21. The van der Waals surface area contributed by atoms with E-state index in [1.165, 1.54) is 18.4 Å². The highest BCUT2D eigenvalue weighted by molar-refractivity contribution is 9.10. The number of methoxy groups -OCH3 is 1. The number of halogens is 1. The van der Waals surface area contributed by atoms with Crippen molar-refractivity contribution in [2.75, 3.05) is 14.2 Å². The Morgan fingerprint density at radius 1 is 1.44 bits per heavy atom. The van der Waals surface area contributed by atoms with Gasteiger partial charge >= 0.3 is 0 Å². The minimum Gasteiger partial charge on any atom is -0.497 e. The van der Waals surface area contributed by atoms with Crippen LogP contribution in [-0.2, 0) is 6.42 Å². The van der Waals surface area contributed by atoms with Crippen LogP contribution in [0.3, 0.4) is 0 Å². The molecule has 1 N–H and O–H groups in total. The summed E-state index contributed by atoms with van der Waals surface area (Å²) in [6, 6.07) is 6.66. The summed E-state index contributed by atoms with van der Waals surface area (Å²) in [6.07, 6.45) is 3.43. The molecule has 0 bridgehead atoms. The number of likely N-dealkylation sites (N-methyl/N-ethyl adjacent to an activating group) is 1. The number of ether oxygens (including phenoxy) is 1. The summed E-state index contributed by atoms with van der Waals surface area (Å²) in [7, 11) is 3.73. The summed E-state index contributed by atoms with van der Waals surface area (Å²) in [5, 5.41) is 3.35. The molecule has 0 radical (unpaired) electrons. The Labute approximate surface area is 107 Å². The first-order valence-electron chi connectivity index (χ1n) is 5.71. The smallest absolute Gasteiger partial charge is 0.119 e. The molecule has 16 heavy (non-hydrogen) atoms. The van der Waals surface area contributed by atoms with E-state index in [4.69, 9.17) is 4.74 Å². The van der Waals surface area contributed by atoms with Gasteiger partial charge < -0.3 is 10.1 Å². The molecule has 0 saturated carbocycles. The van der Waals surface area contributed by atoms with Crippen molar-refractivity contribution < 1.29 is 4.74 Å². The third-order valence-corrected chi connectivity index (χ3v) is 3.54. The predicted molar refractivity (Wildman–Crippen MR) is 72.2 cm³/mol. The maximum Gasteiger partial charge on any atom is 0.119 e. The van der Waals surface area contributed by atoms with Crippen LogP contribution >= 0.6 is 15.9 Å². The van der Waals surface area contributed by atoms with Crippen molar-refractivity contribution in [3.8, 4) is 5.75 Å². The molecule has 0 aliphatic rings. The molecule has 1 aromatic rings. The molecule has 0 aliphatic heterocycles. The van der Waals surface area contributed by atoms with Crippen molar-refractivity contribution in [2.24, 2.45) is 0 Å². The van der Waals surface area contributed by atoms with Crippen LogP contribution in [-0.4, -0.2) is 20.2 Å². The Hall–Kier alpha value is -0.540. The Morgan fingerprint density at radius 3 is 2.75 bits per heavy atom. The lowest BCUT2D eigenvalue weighted by molar-refractivity contribution is 0.413. The number of nitrogens with one attached hydrogen (secondary N) is 1. The van der Waals surface area contributed by atoms with E-state index < -0.39 is 0 Å². The first kappa shape index (κ1) is 13.5. The molecule has 0 spiro atoms. The Bertz CT molecular complexity index is 328. The van der Waals surface area contributed by atoms with Gasteiger partial charge in [0.2, 0.25) is 0 Å². The van der Waals surface area contributed by atoms with Gasteiger partial charge in [-0.1, -0.05) is 29.3 Å². The zero-order valence-electron chi connectivity index (χ0n) is 10.2. The second-order valence-corrected chi connectivity index (χ2v) is 4.79. The summed E-state index contributed by atoms with van der Waals surface area (Å²) < 4.78 is 6.40. The predicted octanol–water partition coefficient (Wildman–Crippen LogP) is 3.39. The number of hydrogen-bond acceptors (Lipinski definition) is 2. The van der Waals surface area contributed by atoms with Crippen LogP contribution in [0.4, 0.5) is 0 Å². The molecule has 1 atom stereocenters. The highest BCUT2D eigenvalue weighted by atomic mass is 79.9. The molecule has 2 nitrogen and oxygen atoms in total. The van der Waals surface area contributed by atoms with Gasteiger partial charge in [-0.25, -0.2) is 0 Å². The van der Waals surface area contributed by atoms with E-state index in [1.807, 2.05) is 19.2 Å². The maximum atomic E-state index is 5.24. The number of hydrogen-bond donors (Lipinski definition) is 1. The quantitative estimate of drug-likeness (QED) is 0.865. The molecule has 3 heteroatoms. The van der Waals surface area contributed by atoms with Gasteiger partial charge in [0.25, 0.3) is 0 Å². The van der Waals surface area contributed by atoms with Gasteiger partial charge in [-0.2, -0.15) is 0 Å². The molecular weight excluding hydrogens is 266 g/mol. The molecule has 0 heterocycles. The summed E-state index contributed by atoms with van der Waals surface area (Å²) in [4.78, 5) is 0. The van der Waals surface area contributed by atoms with Crippen LogP contribution in [0, 0.1) is 0 Å². The van der Waals surface area contributed by atoms with Gasteiger partial charge in [0.05, 0.1) is 7.11 Å². The minimum atomic E-state index is 0.536. The van der Waals surface area contributed by atoms with Gasteiger partial charge in [0.1, 0.15) is 5.75 Å². The molecular formula is C13H20BrNO. The normalized spacial score (nSPS) is 12.5. The number of benzene rings is 1. The standard InChI is InChI=1S/C13H20BrNO/c1-4-5-11(15-2)8-10-9-12(16-3)6-7-13(10)14/h6-7,9,11,15H,4-5,8H2,1-3H3. The molecule has 0 saturated heterocycles. The third-order valence-electron chi connectivity index (χ3n) is 2.76. The topological polar surface area (TPSA) is 21.3 Å². The monoisotopic (exact) mass is 285 g/mol. The maximum absolute atomic E-state index is 5.24. The van der Waals surface area contributed by atoms with Crippen LogP contribution in [0.5, 0.6) is 5.75 Å². The Kier molecular flexibility index (Phi) is 5.85.